The zero-order valence-corrected chi connectivity index (χ0v) is 37.9. The average Bonchev–Trinajstić information content (AvgIpc) is 3.72. The molecule has 3 aromatic heterocycles. The number of hydrogen-bond acceptors (Lipinski definition) is 10. The first-order valence-electron chi connectivity index (χ1n) is 18.9. The first-order valence-corrected chi connectivity index (χ1v) is 27.6. The Morgan fingerprint density at radius 1 is 0.904 bits per heavy atom. The van der Waals surface area contributed by atoms with Gasteiger partial charge in [-0.05, 0) is 73.7 Å². The summed E-state index contributed by atoms with van der Waals surface area (Å²) in [5.41, 5.74) is 1.50. The van der Waals surface area contributed by atoms with Crippen molar-refractivity contribution in [3.05, 3.63) is 30.9 Å². The Balaban J connectivity index is 1.94. The van der Waals surface area contributed by atoms with E-state index in [4.69, 9.17) is 23.0 Å². The van der Waals surface area contributed by atoms with Gasteiger partial charge in [-0.15, -0.1) is 11.7 Å². The quantitative estimate of drug-likeness (QED) is 0.125. The Kier molecular flexibility index (Phi) is 12.3. The molecule has 52 heavy (non-hydrogen) atoms. The molecule has 0 spiro atoms. The van der Waals surface area contributed by atoms with Crippen molar-refractivity contribution < 1.29 is 23.1 Å². The predicted molar refractivity (Wildman–Crippen MR) is 215 cm³/mol. The van der Waals surface area contributed by atoms with Crippen molar-refractivity contribution in [2.45, 2.75) is 180 Å². The number of aromatic nitrogens is 7. The van der Waals surface area contributed by atoms with Crippen LogP contribution in [-0.4, -0.2) is 89.0 Å². The van der Waals surface area contributed by atoms with Gasteiger partial charge in [0, 0.05) is 0 Å². The third-order valence-electron chi connectivity index (χ3n) is 11.9. The van der Waals surface area contributed by atoms with Gasteiger partial charge in [0.15, 0.2) is 42.3 Å². The summed E-state index contributed by atoms with van der Waals surface area (Å²) in [5, 5.41) is 19.6. The highest BCUT2D eigenvalue weighted by Gasteiger charge is 2.57. The van der Waals surface area contributed by atoms with Crippen molar-refractivity contribution in [2.75, 3.05) is 0 Å². The van der Waals surface area contributed by atoms with Crippen molar-refractivity contribution >= 4 is 36.1 Å². The maximum atomic E-state index is 11.2. The number of aryl methyl sites for hydroxylation is 1. The number of aromatic hydroxyl groups is 1. The fraction of sp³-hybridized carbons (Fsp3) is 0.757. The van der Waals surface area contributed by atoms with Crippen LogP contribution in [0.3, 0.4) is 0 Å². The first kappa shape index (κ1) is 42.5. The second-order valence-corrected chi connectivity index (χ2v) is 33.3. The summed E-state index contributed by atoms with van der Waals surface area (Å²) in [4.78, 5) is 13.9. The molecule has 1 saturated heterocycles. The molecule has 0 amide bonds. The van der Waals surface area contributed by atoms with Gasteiger partial charge < -0.3 is 23.1 Å². The topological polar surface area (TPSA) is 131 Å². The van der Waals surface area contributed by atoms with Crippen LogP contribution >= 0.6 is 0 Å². The normalized spacial score (nSPS) is 21.6. The summed E-state index contributed by atoms with van der Waals surface area (Å²) in [6.45, 7) is 40.1. The van der Waals surface area contributed by atoms with Crippen LogP contribution in [0.2, 0.25) is 54.4 Å². The van der Waals surface area contributed by atoms with Crippen molar-refractivity contribution in [3.8, 4) is 11.8 Å². The molecule has 0 aromatic carbocycles. The van der Waals surface area contributed by atoms with Gasteiger partial charge >= 0.3 is 0 Å². The largest absolute Gasteiger partial charge is 0.492 e. The van der Waals surface area contributed by atoms with Crippen molar-refractivity contribution in [2.24, 2.45) is 0 Å². The highest BCUT2D eigenvalue weighted by molar-refractivity contribution is 6.75. The molecular formula is C37H67N7O5Si3. The number of hydrogen-bond donors (Lipinski definition) is 1. The smallest absolute Gasteiger partial charge is 0.257 e. The Labute approximate surface area is 315 Å². The minimum Gasteiger partial charge on any atom is -0.492 e. The SMILES string of the molecule is C=CCC(O[Si](C)(C)C(C)(C)C)[C@H]1O[C@@H](n2cnc3c(O)nc(-n4cc(CCCC)nn4)nc32)[C@H](O[Si](C)(C)C(C)(C)C)[C@@H]1O[Si](C)(C)C(C)(C)C. The number of rotatable bonds is 14. The third kappa shape index (κ3) is 8.81. The van der Waals surface area contributed by atoms with Crippen molar-refractivity contribution in [3.63, 3.8) is 0 Å². The number of fused-ring (bicyclic) bond motifs is 1. The monoisotopic (exact) mass is 773 g/mol. The van der Waals surface area contributed by atoms with Crippen LogP contribution in [0.25, 0.3) is 17.1 Å². The van der Waals surface area contributed by atoms with Gasteiger partial charge in [0.2, 0.25) is 5.88 Å². The molecule has 4 rings (SSSR count). The van der Waals surface area contributed by atoms with E-state index < -0.39 is 49.5 Å². The molecule has 4 heterocycles. The zero-order valence-electron chi connectivity index (χ0n) is 34.9. The molecule has 292 valence electrons. The molecule has 0 radical (unpaired) electrons. The van der Waals surface area contributed by atoms with Gasteiger partial charge in [0.25, 0.3) is 5.95 Å². The second-order valence-electron chi connectivity index (χ2n) is 19.0. The van der Waals surface area contributed by atoms with Crippen LogP contribution in [0, 0.1) is 0 Å². The molecule has 5 atom stereocenters. The molecule has 3 aromatic rings. The highest BCUT2D eigenvalue weighted by atomic mass is 28.4. The Bertz CT molecular complexity index is 1690. The molecule has 15 heteroatoms. The fourth-order valence-electron chi connectivity index (χ4n) is 5.50. The number of imidazole rings is 1. The highest BCUT2D eigenvalue weighted by Crippen LogP contribution is 2.48. The minimum absolute atomic E-state index is 0.0274. The van der Waals surface area contributed by atoms with E-state index in [1.165, 1.54) is 4.68 Å². The third-order valence-corrected chi connectivity index (χ3v) is 25.4. The minimum atomic E-state index is -2.43. The van der Waals surface area contributed by atoms with Crippen LogP contribution in [0.15, 0.2) is 25.2 Å². The van der Waals surface area contributed by atoms with Crippen LogP contribution in [0.5, 0.6) is 5.88 Å². The Morgan fingerprint density at radius 3 is 2.02 bits per heavy atom. The van der Waals surface area contributed by atoms with Crippen LogP contribution < -0.4 is 0 Å². The molecule has 1 unspecified atom stereocenters. The summed E-state index contributed by atoms with van der Waals surface area (Å²) >= 11 is 0. The van der Waals surface area contributed by atoms with Gasteiger partial charge in [0.05, 0.1) is 24.3 Å². The maximum absolute atomic E-state index is 11.2. The molecule has 0 bridgehead atoms. The number of ether oxygens (including phenoxy) is 1. The molecule has 1 aliphatic heterocycles. The lowest BCUT2D eigenvalue weighted by molar-refractivity contribution is -0.0762. The van der Waals surface area contributed by atoms with Crippen molar-refractivity contribution in [1.29, 1.82) is 0 Å². The van der Waals surface area contributed by atoms with Crippen LogP contribution in [0.4, 0.5) is 0 Å². The van der Waals surface area contributed by atoms with E-state index in [-0.39, 0.29) is 38.6 Å². The van der Waals surface area contributed by atoms with E-state index in [1.54, 1.807) is 6.33 Å². The summed E-state index contributed by atoms with van der Waals surface area (Å²) in [6.07, 6.45) is 6.25. The van der Waals surface area contributed by atoms with Crippen LogP contribution in [0.1, 0.15) is 100 Å². The summed E-state index contributed by atoms with van der Waals surface area (Å²) < 4.78 is 32.7. The van der Waals surface area contributed by atoms with E-state index >= 15 is 0 Å². The fourth-order valence-corrected chi connectivity index (χ4v) is 9.43. The predicted octanol–water partition coefficient (Wildman–Crippen LogP) is 9.10. The number of nitrogens with zero attached hydrogens (tertiary/aromatic N) is 7. The zero-order chi connectivity index (χ0) is 39.2. The average molecular weight is 774 g/mol. The van der Waals surface area contributed by atoms with E-state index in [0.717, 1.165) is 25.0 Å². The molecule has 0 saturated carbocycles. The molecule has 1 N–H and O–H groups in total. The van der Waals surface area contributed by atoms with Gasteiger partial charge in [-0.3, -0.25) is 4.57 Å². The maximum Gasteiger partial charge on any atom is 0.257 e. The Morgan fingerprint density at radius 2 is 1.48 bits per heavy atom. The second kappa shape index (κ2) is 15.1. The summed E-state index contributed by atoms with van der Waals surface area (Å²) in [6, 6.07) is 0. The van der Waals surface area contributed by atoms with Crippen LogP contribution in [-0.2, 0) is 24.4 Å². The molecule has 12 nitrogen and oxygen atoms in total. The van der Waals surface area contributed by atoms with E-state index in [0.29, 0.717) is 12.1 Å². The van der Waals surface area contributed by atoms with Gasteiger partial charge in [-0.25, -0.2) is 4.98 Å². The Hall–Kier alpha value is -2.28. The first-order chi connectivity index (χ1) is 23.7. The summed E-state index contributed by atoms with van der Waals surface area (Å²) in [7, 11) is -7.11. The molecule has 1 fully saturated rings. The van der Waals surface area contributed by atoms with Gasteiger partial charge in [-0.2, -0.15) is 14.6 Å². The lowest BCUT2D eigenvalue weighted by Crippen LogP contribution is -2.56. The van der Waals surface area contributed by atoms with E-state index in [9.17, 15) is 5.11 Å². The van der Waals surface area contributed by atoms with E-state index in [1.807, 2.05) is 16.8 Å². The van der Waals surface area contributed by atoms with Crippen molar-refractivity contribution in [1.82, 2.24) is 34.5 Å². The van der Waals surface area contributed by atoms with E-state index in [2.05, 4.69) is 135 Å². The molecular weight excluding hydrogens is 707 g/mol. The van der Waals surface area contributed by atoms with Gasteiger partial charge in [0.1, 0.15) is 18.3 Å². The van der Waals surface area contributed by atoms with Gasteiger partial charge in [-0.1, -0.05) is 86.9 Å². The molecule has 1 aliphatic rings. The standard InChI is InChI=1S/C37H67N7O5Si3/c1-18-20-22-25-23-44(42-41-25)34-39-31-27(32(45)40-34)38-24-43(31)33-30(49-52(16,17)37(9,10)11)29(48-51(14,15)36(6,7)8)28(46-33)26(21-19-2)47-50(12,13)35(3,4)5/h19,23-24,26,28-30,33H,2,18,20-22H2,1,3-17H3,(H,39,40,45)/t26?,28-,29-,30-,33-/m1/s1. The summed E-state index contributed by atoms with van der Waals surface area (Å²) in [5.74, 6) is -0.0566. The lowest BCUT2D eigenvalue weighted by atomic mass is 10.0. The lowest BCUT2D eigenvalue weighted by Gasteiger charge is -2.45. The number of unbranched alkanes of at least 4 members (excludes halogenated alkanes) is 1. The molecule has 0 aliphatic carbocycles.